The quantitative estimate of drug-likeness (QED) is 0.820. The van der Waals surface area contributed by atoms with E-state index >= 15 is 0 Å². The van der Waals surface area contributed by atoms with Crippen LogP contribution in [-0.4, -0.2) is 18.2 Å². The first-order valence-corrected chi connectivity index (χ1v) is 7.57. The number of rotatable bonds is 4. The molecule has 2 N–H and O–H groups in total. The van der Waals surface area contributed by atoms with E-state index in [2.05, 4.69) is 41.5 Å². The van der Waals surface area contributed by atoms with Crippen LogP contribution >= 0.6 is 0 Å². The number of hydrogen-bond donors (Lipinski definition) is 1. The largest absolute Gasteiger partial charge is 0.373 e. The molecule has 1 fully saturated rings. The molecule has 0 aromatic carbocycles. The van der Waals surface area contributed by atoms with Gasteiger partial charge in [-0.2, -0.15) is 0 Å². The van der Waals surface area contributed by atoms with Crippen molar-refractivity contribution < 1.29 is 4.74 Å². The molecule has 2 nitrogen and oxygen atoms in total. The second-order valence-electron chi connectivity index (χ2n) is 7.86. The Morgan fingerprint density at radius 1 is 1.22 bits per heavy atom. The summed E-state index contributed by atoms with van der Waals surface area (Å²) in [6, 6.07) is 0.153. The topological polar surface area (TPSA) is 35.2 Å². The van der Waals surface area contributed by atoms with Gasteiger partial charge in [0.2, 0.25) is 0 Å². The van der Waals surface area contributed by atoms with Crippen molar-refractivity contribution in [1.29, 1.82) is 0 Å². The highest BCUT2D eigenvalue weighted by atomic mass is 16.5. The van der Waals surface area contributed by atoms with Crippen LogP contribution in [0.2, 0.25) is 0 Å². The van der Waals surface area contributed by atoms with Gasteiger partial charge in [-0.3, -0.25) is 0 Å². The van der Waals surface area contributed by atoms with E-state index in [-0.39, 0.29) is 17.6 Å². The predicted molar refractivity (Wildman–Crippen MR) is 78.6 cm³/mol. The summed E-state index contributed by atoms with van der Waals surface area (Å²) in [4.78, 5) is 0. The molecule has 1 saturated carbocycles. The Bertz CT molecular complexity index is 244. The Hall–Kier alpha value is -0.0800. The van der Waals surface area contributed by atoms with Gasteiger partial charge in [0.05, 0.1) is 12.2 Å². The summed E-state index contributed by atoms with van der Waals surface area (Å²) in [7, 11) is 0. The second kappa shape index (κ2) is 5.92. The van der Waals surface area contributed by atoms with Crippen LogP contribution < -0.4 is 5.73 Å². The standard InChI is InChI=1S/C16H33NO/c1-7-13(17)14(15(2,3)4)18-12-8-10-16(5,6)11-9-12/h12-14H,7-11,17H2,1-6H3. The van der Waals surface area contributed by atoms with Gasteiger partial charge in [-0.15, -0.1) is 0 Å². The van der Waals surface area contributed by atoms with Crippen LogP contribution in [-0.2, 0) is 4.74 Å². The van der Waals surface area contributed by atoms with Crippen molar-refractivity contribution in [2.75, 3.05) is 0 Å². The lowest BCUT2D eigenvalue weighted by molar-refractivity contribution is -0.0990. The van der Waals surface area contributed by atoms with Crippen LogP contribution in [0.3, 0.4) is 0 Å². The van der Waals surface area contributed by atoms with Gasteiger partial charge in [-0.1, -0.05) is 41.5 Å². The van der Waals surface area contributed by atoms with Crippen molar-refractivity contribution in [2.24, 2.45) is 16.6 Å². The number of ether oxygens (including phenoxy) is 1. The predicted octanol–water partition coefficient (Wildman–Crippen LogP) is 4.12. The Balaban J connectivity index is 2.57. The van der Waals surface area contributed by atoms with Crippen LogP contribution in [0.15, 0.2) is 0 Å². The third-order valence-corrected chi connectivity index (χ3v) is 4.34. The fraction of sp³-hybridized carbons (Fsp3) is 1.00. The lowest BCUT2D eigenvalue weighted by Gasteiger charge is -2.41. The van der Waals surface area contributed by atoms with E-state index in [1.165, 1.54) is 25.7 Å². The lowest BCUT2D eigenvalue weighted by Crippen LogP contribution is -2.47. The van der Waals surface area contributed by atoms with Crippen molar-refractivity contribution in [3.8, 4) is 0 Å². The minimum absolute atomic E-state index is 0.127. The molecule has 18 heavy (non-hydrogen) atoms. The Morgan fingerprint density at radius 2 is 1.72 bits per heavy atom. The van der Waals surface area contributed by atoms with Gasteiger partial charge in [0, 0.05) is 6.04 Å². The monoisotopic (exact) mass is 255 g/mol. The van der Waals surface area contributed by atoms with Gasteiger partial charge in [-0.25, -0.2) is 0 Å². The van der Waals surface area contributed by atoms with E-state index in [0.717, 1.165) is 6.42 Å². The van der Waals surface area contributed by atoms with Gasteiger partial charge in [-0.05, 0) is 42.9 Å². The highest BCUT2D eigenvalue weighted by Gasteiger charge is 2.35. The molecule has 0 bridgehead atoms. The van der Waals surface area contributed by atoms with E-state index in [1.54, 1.807) is 0 Å². The Kier molecular flexibility index (Phi) is 5.25. The molecular weight excluding hydrogens is 222 g/mol. The van der Waals surface area contributed by atoms with Gasteiger partial charge in [0.15, 0.2) is 0 Å². The van der Waals surface area contributed by atoms with Crippen molar-refractivity contribution >= 4 is 0 Å². The summed E-state index contributed by atoms with van der Waals surface area (Å²) in [6.07, 6.45) is 6.51. The molecule has 0 radical (unpaired) electrons. The molecule has 108 valence electrons. The Morgan fingerprint density at radius 3 is 2.11 bits per heavy atom. The zero-order chi connectivity index (χ0) is 14.0. The molecule has 2 unspecified atom stereocenters. The maximum atomic E-state index is 6.38. The minimum Gasteiger partial charge on any atom is -0.373 e. The van der Waals surface area contributed by atoms with Crippen LogP contribution in [0.1, 0.15) is 73.6 Å². The molecule has 0 heterocycles. The molecule has 2 heteroatoms. The minimum atomic E-state index is 0.127. The first-order chi connectivity index (χ1) is 8.15. The third kappa shape index (κ3) is 4.55. The highest BCUT2D eigenvalue weighted by Crippen LogP contribution is 2.38. The van der Waals surface area contributed by atoms with Crippen LogP contribution in [0.4, 0.5) is 0 Å². The van der Waals surface area contributed by atoms with E-state index in [4.69, 9.17) is 10.5 Å². The summed E-state index contributed by atoms with van der Waals surface area (Å²) < 4.78 is 6.38. The molecule has 0 spiro atoms. The first kappa shape index (κ1) is 16.0. The second-order valence-corrected chi connectivity index (χ2v) is 7.86. The highest BCUT2D eigenvalue weighted by molar-refractivity contribution is 4.86. The van der Waals surface area contributed by atoms with Gasteiger partial charge < -0.3 is 10.5 Å². The van der Waals surface area contributed by atoms with Gasteiger partial charge >= 0.3 is 0 Å². The van der Waals surface area contributed by atoms with E-state index in [9.17, 15) is 0 Å². The van der Waals surface area contributed by atoms with Crippen molar-refractivity contribution in [2.45, 2.75) is 91.9 Å². The summed E-state index contributed by atoms with van der Waals surface area (Å²) in [5, 5.41) is 0. The molecule has 0 aromatic heterocycles. The molecular formula is C16H33NO. The van der Waals surface area contributed by atoms with Crippen molar-refractivity contribution in [3.63, 3.8) is 0 Å². The molecule has 1 rings (SSSR count). The average molecular weight is 255 g/mol. The van der Waals surface area contributed by atoms with E-state index in [0.29, 0.717) is 11.5 Å². The average Bonchev–Trinajstić information content (AvgIpc) is 2.25. The first-order valence-electron chi connectivity index (χ1n) is 7.57. The number of nitrogens with two attached hydrogens (primary N) is 1. The molecule has 0 saturated heterocycles. The van der Waals surface area contributed by atoms with Gasteiger partial charge in [0.1, 0.15) is 0 Å². The molecule has 2 atom stereocenters. The van der Waals surface area contributed by atoms with Crippen molar-refractivity contribution in [3.05, 3.63) is 0 Å². The van der Waals surface area contributed by atoms with Crippen molar-refractivity contribution in [1.82, 2.24) is 0 Å². The van der Waals surface area contributed by atoms with Crippen LogP contribution in [0.25, 0.3) is 0 Å². The van der Waals surface area contributed by atoms with Crippen LogP contribution in [0.5, 0.6) is 0 Å². The fourth-order valence-electron chi connectivity index (χ4n) is 2.88. The number of hydrogen-bond acceptors (Lipinski definition) is 2. The lowest BCUT2D eigenvalue weighted by atomic mass is 9.76. The van der Waals surface area contributed by atoms with Gasteiger partial charge in [0.25, 0.3) is 0 Å². The SMILES string of the molecule is CCC(N)C(OC1CCC(C)(C)CC1)C(C)(C)C. The van der Waals surface area contributed by atoms with Crippen LogP contribution in [0, 0.1) is 10.8 Å². The smallest absolute Gasteiger partial charge is 0.0777 e. The third-order valence-electron chi connectivity index (χ3n) is 4.34. The zero-order valence-corrected chi connectivity index (χ0v) is 13.3. The molecule has 1 aliphatic carbocycles. The molecule has 0 amide bonds. The van der Waals surface area contributed by atoms with E-state index < -0.39 is 0 Å². The summed E-state index contributed by atoms with van der Waals surface area (Å²) in [5.41, 5.74) is 6.88. The summed E-state index contributed by atoms with van der Waals surface area (Å²) in [5.74, 6) is 0. The normalized spacial score (nSPS) is 24.8. The maximum absolute atomic E-state index is 6.38. The Labute approximate surface area is 114 Å². The fourth-order valence-corrected chi connectivity index (χ4v) is 2.88. The summed E-state index contributed by atoms with van der Waals surface area (Å²) >= 11 is 0. The molecule has 1 aliphatic rings. The molecule has 0 aromatic rings. The zero-order valence-electron chi connectivity index (χ0n) is 13.3. The summed E-state index contributed by atoms with van der Waals surface area (Å²) in [6.45, 7) is 13.6. The maximum Gasteiger partial charge on any atom is 0.0777 e. The molecule has 0 aliphatic heterocycles. The van der Waals surface area contributed by atoms with E-state index in [1.807, 2.05) is 0 Å².